The van der Waals surface area contributed by atoms with Crippen molar-refractivity contribution in [2.75, 3.05) is 0 Å². The molecule has 0 aromatic heterocycles. The summed E-state index contributed by atoms with van der Waals surface area (Å²) < 4.78 is 0. The summed E-state index contributed by atoms with van der Waals surface area (Å²) in [4.78, 5) is 0. The first kappa shape index (κ1) is 4.97. The lowest BCUT2D eigenvalue weighted by Crippen LogP contribution is -1.88. The third kappa shape index (κ3) is 0.729. The van der Waals surface area contributed by atoms with Gasteiger partial charge in [-0.25, -0.2) is 0 Å². The molecule has 0 heterocycles. The van der Waals surface area contributed by atoms with Gasteiger partial charge in [-0.05, 0) is 17.7 Å². The van der Waals surface area contributed by atoms with Crippen molar-refractivity contribution < 1.29 is 0 Å². The maximum absolute atomic E-state index is 5.38. The first-order chi connectivity index (χ1) is 3.83. The summed E-state index contributed by atoms with van der Waals surface area (Å²) in [7, 11) is 0. The molecule has 0 spiro atoms. The zero-order valence-corrected chi connectivity index (χ0v) is 4.46. The lowest BCUT2D eigenvalue weighted by molar-refractivity contribution is 1.45. The van der Waals surface area contributed by atoms with E-state index in [2.05, 4.69) is 0 Å². The first-order valence-electron chi connectivity index (χ1n) is 2.40. The monoisotopic (exact) mass is 108 g/mol. The summed E-state index contributed by atoms with van der Waals surface area (Å²) in [6, 6.07) is 0. The number of allylic oxidation sites excluding steroid dienone is 4. The Morgan fingerprint density at radius 1 is 1.38 bits per heavy atom. The molecule has 0 saturated carbocycles. The van der Waals surface area contributed by atoms with Gasteiger partial charge in [0.25, 0.3) is 0 Å². The first-order valence-corrected chi connectivity index (χ1v) is 2.40. The number of rotatable bonds is 0. The average Bonchev–Trinajstić information content (AvgIpc) is 2.14. The van der Waals surface area contributed by atoms with Crippen LogP contribution in [0, 0.1) is 0 Å². The molecule has 0 aromatic rings. The van der Waals surface area contributed by atoms with Crippen molar-refractivity contribution in [2.24, 2.45) is 11.5 Å². The highest BCUT2D eigenvalue weighted by atomic mass is 14.6. The van der Waals surface area contributed by atoms with Crippen molar-refractivity contribution in [3.8, 4) is 0 Å². The molecule has 42 valence electrons. The van der Waals surface area contributed by atoms with E-state index in [1.54, 1.807) is 0 Å². The smallest absolute Gasteiger partial charge is 0.0320 e. The summed E-state index contributed by atoms with van der Waals surface area (Å²) in [5, 5.41) is 0. The van der Waals surface area contributed by atoms with Crippen molar-refractivity contribution in [3.63, 3.8) is 0 Å². The van der Waals surface area contributed by atoms with Gasteiger partial charge >= 0.3 is 0 Å². The van der Waals surface area contributed by atoms with Gasteiger partial charge in [0.2, 0.25) is 0 Å². The van der Waals surface area contributed by atoms with E-state index in [1.807, 2.05) is 18.2 Å². The van der Waals surface area contributed by atoms with Gasteiger partial charge in [-0.3, -0.25) is 0 Å². The summed E-state index contributed by atoms with van der Waals surface area (Å²) in [6.45, 7) is 0. The molecule has 0 amide bonds. The standard InChI is InChI=1S/C6H8N2/c7-4-5-1-2-6(8)3-5/h1-4H,7-8H2/b5-4-. The fourth-order valence-electron chi connectivity index (χ4n) is 0.585. The minimum atomic E-state index is 0.765. The molecule has 0 bridgehead atoms. The van der Waals surface area contributed by atoms with Crippen LogP contribution in [-0.2, 0) is 0 Å². The Labute approximate surface area is 48.2 Å². The third-order valence-corrected chi connectivity index (χ3v) is 0.994. The van der Waals surface area contributed by atoms with Crippen LogP contribution < -0.4 is 11.5 Å². The van der Waals surface area contributed by atoms with Crippen molar-refractivity contribution in [1.29, 1.82) is 0 Å². The van der Waals surface area contributed by atoms with Gasteiger partial charge in [0.05, 0.1) is 0 Å². The molecule has 4 N–H and O–H groups in total. The second kappa shape index (κ2) is 1.74. The molecular formula is C6H8N2. The Bertz CT molecular complexity index is 175. The molecule has 0 fully saturated rings. The molecule has 0 unspecified atom stereocenters. The molecule has 8 heavy (non-hydrogen) atoms. The Hall–Kier alpha value is -1.18. The van der Waals surface area contributed by atoms with Gasteiger partial charge in [0.1, 0.15) is 0 Å². The number of nitrogens with two attached hydrogens (primary N) is 2. The Kier molecular flexibility index (Phi) is 1.08. The minimum absolute atomic E-state index is 0.765. The van der Waals surface area contributed by atoms with Gasteiger partial charge in [0.15, 0.2) is 0 Å². The number of hydrogen-bond acceptors (Lipinski definition) is 2. The second-order valence-electron chi connectivity index (χ2n) is 1.64. The van der Waals surface area contributed by atoms with E-state index < -0.39 is 0 Å². The fraction of sp³-hybridized carbons (Fsp3) is 0. The third-order valence-electron chi connectivity index (χ3n) is 0.994. The maximum Gasteiger partial charge on any atom is 0.0320 e. The van der Waals surface area contributed by atoms with E-state index in [-0.39, 0.29) is 0 Å². The van der Waals surface area contributed by atoms with Crippen LogP contribution in [0.4, 0.5) is 0 Å². The van der Waals surface area contributed by atoms with Crippen LogP contribution in [0.2, 0.25) is 0 Å². The van der Waals surface area contributed by atoms with E-state index in [0.29, 0.717) is 0 Å². The van der Waals surface area contributed by atoms with Gasteiger partial charge in [-0.15, -0.1) is 0 Å². The van der Waals surface area contributed by atoms with Crippen LogP contribution in [-0.4, -0.2) is 0 Å². The highest BCUT2D eigenvalue weighted by Gasteiger charge is 1.93. The molecule has 2 nitrogen and oxygen atoms in total. The van der Waals surface area contributed by atoms with Crippen LogP contribution >= 0.6 is 0 Å². The van der Waals surface area contributed by atoms with E-state index in [4.69, 9.17) is 11.5 Å². The van der Waals surface area contributed by atoms with Crippen LogP contribution in [0.3, 0.4) is 0 Å². The summed E-state index contributed by atoms with van der Waals surface area (Å²) >= 11 is 0. The molecule has 0 saturated heterocycles. The molecule has 0 aliphatic heterocycles. The maximum atomic E-state index is 5.38. The molecule has 0 atom stereocenters. The predicted octanol–water partition coefficient (Wildman–Crippen LogP) is 0.241. The van der Waals surface area contributed by atoms with E-state index >= 15 is 0 Å². The minimum Gasteiger partial charge on any atom is -0.404 e. The lowest BCUT2D eigenvalue weighted by atomic mass is 10.3. The largest absolute Gasteiger partial charge is 0.404 e. The van der Waals surface area contributed by atoms with E-state index in [1.165, 1.54) is 6.20 Å². The van der Waals surface area contributed by atoms with Crippen LogP contribution in [0.25, 0.3) is 0 Å². The van der Waals surface area contributed by atoms with Crippen molar-refractivity contribution in [3.05, 3.63) is 35.7 Å². The summed E-state index contributed by atoms with van der Waals surface area (Å²) in [5.74, 6) is 0. The highest BCUT2D eigenvalue weighted by molar-refractivity contribution is 5.43. The Morgan fingerprint density at radius 3 is 2.38 bits per heavy atom. The summed E-state index contributed by atoms with van der Waals surface area (Å²) in [5.41, 5.74) is 12.3. The van der Waals surface area contributed by atoms with Crippen LogP contribution in [0.5, 0.6) is 0 Å². The van der Waals surface area contributed by atoms with Crippen molar-refractivity contribution in [2.45, 2.75) is 0 Å². The molecule has 0 aromatic carbocycles. The van der Waals surface area contributed by atoms with Crippen LogP contribution in [0.15, 0.2) is 35.7 Å². The number of hydrogen-bond donors (Lipinski definition) is 2. The Balaban J connectivity index is 2.84. The Morgan fingerprint density at radius 2 is 2.12 bits per heavy atom. The zero-order valence-electron chi connectivity index (χ0n) is 4.46. The van der Waals surface area contributed by atoms with E-state index in [0.717, 1.165) is 11.3 Å². The lowest BCUT2D eigenvalue weighted by Gasteiger charge is -1.80. The highest BCUT2D eigenvalue weighted by Crippen LogP contribution is 2.08. The van der Waals surface area contributed by atoms with Gasteiger partial charge in [-0.1, -0.05) is 6.08 Å². The molecule has 1 aliphatic rings. The van der Waals surface area contributed by atoms with Gasteiger partial charge < -0.3 is 11.5 Å². The molecule has 2 heteroatoms. The quantitative estimate of drug-likeness (QED) is 0.467. The predicted molar refractivity (Wildman–Crippen MR) is 33.7 cm³/mol. The normalized spacial score (nSPS) is 22.0. The molecular weight excluding hydrogens is 100 g/mol. The van der Waals surface area contributed by atoms with Crippen molar-refractivity contribution >= 4 is 0 Å². The van der Waals surface area contributed by atoms with Crippen LogP contribution in [0.1, 0.15) is 0 Å². The van der Waals surface area contributed by atoms with Gasteiger partial charge in [0, 0.05) is 11.9 Å². The topological polar surface area (TPSA) is 52.0 Å². The molecule has 0 radical (unpaired) electrons. The van der Waals surface area contributed by atoms with Crippen molar-refractivity contribution in [1.82, 2.24) is 0 Å². The summed E-state index contributed by atoms with van der Waals surface area (Å²) in [6.07, 6.45) is 7.03. The SMILES string of the molecule is N/C=C1/C=CC(N)=C1. The van der Waals surface area contributed by atoms with Gasteiger partial charge in [-0.2, -0.15) is 0 Å². The van der Waals surface area contributed by atoms with E-state index in [9.17, 15) is 0 Å². The average molecular weight is 108 g/mol. The second-order valence-corrected chi connectivity index (χ2v) is 1.64. The zero-order chi connectivity index (χ0) is 5.98. The molecule has 1 aliphatic carbocycles. The fourth-order valence-corrected chi connectivity index (χ4v) is 0.585. The molecule has 1 rings (SSSR count).